The maximum Gasteiger partial charge on any atom is 0.310 e. The monoisotopic (exact) mass is 466 g/mol. The van der Waals surface area contributed by atoms with Crippen LogP contribution in [0, 0.1) is 22.0 Å². The summed E-state index contributed by atoms with van der Waals surface area (Å²) in [7, 11) is 3.07. The molecule has 2 unspecified atom stereocenters. The van der Waals surface area contributed by atoms with Crippen molar-refractivity contribution in [1.29, 1.82) is 0 Å². The number of nitro groups is 1. The van der Waals surface area contributed by atoms with E-state index in [0.717, 1.165) is 0 Å². The summed E-state index contributed by atoms with van der Waals surface area (Å²) in [4.78, 5) is 28.2. The number of ether oxygens (including phenoxy) is 1. The zero-order valence-electron chi connectivity index (χ0n) is 14.4. The van der Waals surface area contributed by atoms with Crippen LogP contribution >= 0.6 is 24.0 Å². The van der Waals surface area contributed by atoms with E-state index < -0.39 is 4.92 Å². The first-order chi connectivity index (χ1) is 11.5. The molecule has 25 heavy (non-hydrogen) atoms. The number of likely N-dealkylation sites (tertiary alicyclic amines) is 1. The molecule has 1 aliphatic rings. The number of esters is 1. The summed E-state index contributed by atoms with van der Waals surface area (Å²) in [5.74, 6) is 0.506. The minimum atomic E-state index is -0.478. The largest absolute Gasteiger partial charge is 0.469 e. The number of aromatic nitrogens is 2. The van der Waals surface area contributed by atoms with Crippen LogP contribution in [0.5, 0.6) is 0 Å². The molecular weight excluding hydrogens is 443 g/mol. The molecule has 11 heteroatoms. The number of nitrogens with zero attached hydrogens (tertiary/aromatic N) is 5. The molecule has 1 aliphatic heterocycles. The molecule has 1 fully saturated rings. The Kier molecular flexibility index (Phi) is 8.06. The number of rotatable bonds is 5. The van der Waals surface area contributed by atoms with Gasteiger partial charge >= 0.3 is 11.7 Å². The van der Waals surface area contributed by atoms with Crippen molar-refractivity contribution in [2.45, 2.75) is 13.5 Å². The normalized spacial score (nSPS) is 20.1. The van der Waals surface area contributed by atoms with E-state index in [9.17, 15) is 14.9 Å². The second-order valence-corrected chi connectivity index (χ2v) is 5.70. The van der Waals surface area contributed by atoms with Crippen LogP contribution in [0.25, 0.3) is 0 Å². The third-order valence-electron chi connectivity index (χ3n) is 4.08. The molecule has 140 valence electrons. The fraction of sp³-hybridized carbons (Fsp3) is 0.643. The second kappa shape index (κ2) is 9.53. The van der Waals surface area contributed by atoms with E-state index in [0.29, 0.717) is 32.1 Å². The molecule has 2 rings (SSSR count). The minimum absolute atomic E-state index is 0. The number of aliphatic imine (C=N–C) groups is 1. The molecule has 0 amide bonds. The molecule has 1 aromatic rings. The fourth-order valence-electron chi connectivity index (χ4n) is 2.78. The Balaban J connectivity index is 0.00000312. The van der Waals surface area contributed by atoms with Gasteiger partial charge in [-0.3, -0.25) is 24.6 Å². The van der Waals surface area contributed by atoms with Crippen molar-refractivity contribution >= 4 is 41.6 Å². The zero-order valence-corrected chi connectivity index (χ0v) is 16.7. The van der Waals surface area contributed by atoms with E-state index in [-0.39, 0.29) is 47.5 Å². The third kappa shape index (κ3) is 5.28. The van der Waals surface area contributed by atoms with Crippen LogP contribution in [-0.2, 0) is 16.1 Å². The van der Waals surface area contributed by atoms with E-state index >= 15 is 0 Å². The van der Waals surface area contributed by atoms with Crippen LogP contribution < -0.4 is 5.32 Å². The van der Waals surface area contributed by atoms with Crippen LogP contribution in [-0.4, -0.2) is 65.3 Å². The maximum absolute atomic E-state index is 11.8. The van der Waals surface area contributed by atoms with Gasteiger partial charge in [0.2, 0.25) is 0 Å². The van der Waals surface area contributed by atoms with E-state index in [1.807, 2.05) is 11.8 Å². The average molecular weight is 466 g/mol. The molecule has 2 atom stereocenters. The molecule has 1 N–H and O–H groups in total. The van der Waals surface area contributed by atoms with Crippen molar-refractivity contribution in [3.8, 4) is 0 Å². The average Bonchev–Trinajstić information content (AvgIpc) is 3.18. The first kappa shape index (κ1) is 21.1. The molecule has 2 heterocycles. The van der Waals surface area contributed by atoms with Crippen LogP contribution in [0.2, 0.25) is 0 Å². The molecule has 0 spiro atoms. The van der Waals surface area contributed by atoms with Gasteiger partial charge < -0.3 is 15.0 Å². The molecular formula is C14H23IN6O4. The fourth-order valence-corrected chi connectivity index (χ4v) is 2.78. The van der Waals surface area contributed by atoms with Gasteiger partial charge in [0, 0.05) is 26.7 Å². The van der Waals surface area contributed by atoms with Crippen molar-refractivity contribution in [3.63, 3.8) is 0 Å². The molecule has 0 radical (unpaired) electrons. The highest BCUT2D eigenvalue weighted by Crippen LogP contribution is 2.23. The predicted octanol–water partition coefficient (Wildman–Crippen LogP) is 0.726. The molecule has 0 bridgehead atoms. The summed E-state index contributed by atoms with van der Waals surface area (Å²) >= 11 is 0. The number of hydrogen-bond donors (Lipinski definition) is 1. The lowest BCUT2D eigenvalue weighted by molar-refractivity contribution is -0.385. The number of guanidine groups is 1. The summed E-state index contributed by atoms with van der Waals surface area (Å²) in [6.07, 6.45) is 2.60. The molecule has 1 saturated heterocycles. The van der Waals surface area contributed by atoms with Gasteiger partial charge in [-0.2, -0.15) is 5.10 Å². The lowest BCUT2D eigenvalue weighted by Crippen LogP contribution is -2.41. The summed E-state index contributed by atoms with van der Waals surface area (Å²) in [5, 5.41) is 17.8. The molecule has 1 aromatic heterocycles. The summed E-state index contributed by atoms with van der Waals surface area (Å²) < 4.78 is 6.34. The van der Waals surface area contributed by atoms with E-state index in [1.54, 1.807) is 7.05 Å². The number of carbonyl (C=O) groups excluding carboxylic acids is 1. The van der Waals surface area contributed by atoms with E-state index in [2.05, 4.69) is 15.4 Å². The number of nitrogens with one attached hydrogen (secondary N) is 1. The van der Waals surface area contributed by atoms with Crippen molar-refractivity contribution in [2.24, 2.45) is 16.8 Å². The Bertz CT molecular complexity index is 635. The molecule has 0 saturated carbocycles. The van der Waals surface area contributed by atoms with Gasteiger partial charge in [0.05, 0.1) is 24.5 Å². The van der Waals surface area contributed by atoms with Gasteiger partial charge in [0.25, 0.3) is 0 Å². The Hall–Kier alpha value is -1.92. The lowest BCUT2D eigenvalue weighted by atomic mass is 9.99. The lowest BCUT2D eigenvalue weighted by Gasteiger charge is -2.21. The molecule has 0 aromatic carbocycles. The van der Waals surface area contributed by atoms with Gasteiger partial charge in [-0.1, -0.05) is 6.92 Å². The number of methoxy groups -OCH3 is 1. The van der Waals surface area contributed by atoms with Crippen LogP contribution in [0.4, 0.5) is 5.69 Å². The first-order valence-corrected chi connectivity index (χ1v) is 7.66. The van der Waals surface area contributed by atoms with Crippen molar-refractivity contribution < 1.29 is 14.5 Å². The summed E-state index contributed by atoms with van der Waals surface area (Å²) in [6.45, 7) is 4.27. The topological polar surface area (TPSA) is 115 Å². The Morgan fingerprint density at radius 1 is 1.56 bits per heavy atom. The van der Waals surface area contributed by atoms with E-state index in [1.165, 1.54) is 24.2 Å². The van der Waals surface area contributed by atoms with Gasteiger partial charge in [-0.05, 0) is 5.92 Å². The molecule has 0 aliphatic carbocycles. The number of carbonyl (C=O) groups is 1. The van der Waals surface area contributed by atoms with Crippen molar-refractivity contribution in [3.05, 3.63) is 22.5 Å². The van der Waals surface area contributed by atoms with Crippen molar-refractivity contribution in [2.75, 3.05) is 33.8 Å². The zero-order chi connectivity index (χ0) is 17.7. The summed E-state index contributed by atoms with van der Waals surface area (Å²) in [5.41, 5.74) is -0.0336. The standard InChI is InChI=1S/C14H22N6O4.HI/c1-10-7-18(9-12(10)13(21)24-3)14(15-2)16-4-5-19-8-11(6-17-19)20(22)23;/h6,8,10,12H,4-5,7,9H2,1-3H3,(H,15,16);1H. The van der Waals surface area contributed by atoms with Gasteiger partial charge in [-0.25, -0.2) is 0 Å². The van der Waals surface area contributed by atoms with Crippen LogP contribution in [0.1, 0.15) is 6.92 Å². The molecule has 10 nitrogen and oxygen atoms in total. The highest BCUT2D eigenvalue weighted by molar-refractivity contribution is 14.0. The smallest absolute Gasteiger partial charge is 0.310 e. The van der Waals surface area contributed by atoms with Crippen LogP contribution in [0.3, 0.4) is 0 Å². The first-order valence-electron chi connectivity index (χ1n) is 7.66. The van der Waals surface area contributed by atoms with Gasteiger partial charge in [0.15, 0.2) is 5.96 Å². The third-order valence-corrected chi connectivity index (χ3v) is 4.08. The quantitative estimate of drug-likeness (QED) is 0.170. The van der Waals surface area contributed by atoms with Gasteiger partial charge in [0.1, 0.15) is 12.4 Å². The Morgan fingerprint density at radius 2 is 2.28 bits per heavy atom. The van der Waals surface area contributed by atoms with Crippen molar-refractivity contribution in [1.82, 2.24) is 20.0 Å². The number of halogens is 1. The highest BCUT2D eigenvalue weighted by atomic mass is 127. The van der Waals surface area contributed by atoms with E-state index in [4.69, 9.17) is 4.74 Å². The summed E-state index contributed by atoms with van der Waals surface area (Å²) in [6, 6.07) is 0. The Labute approximate surface area is 162 Å². The second-order valence-electron chi connectivity index (χ2n) is 5.70. The highest BCUT2D eigenvalue weighted by Gasteiger charge is 2.36. The Morgan fingerprint density at radius 3 is 2.84 bits per heavy atom. The minimum Gasteiger partial charge on any atom is -0.469 e. The maximum atomic E-state index is 11.8. The SMILES string of the molecule is CN=C(NCCn1cc([N+](=O)[O-])cn1)N1CC(C)C(C(=O)OC)C1.I. The number of hydrogen-bond acceptors (Lipinski definition) is 6. The van der Waals surface area contributed by atoms with Crippen LogP contribution in [0.15, 0.2) is 17.4 Å². The van der Waals surface area contributed by atoms with Gasteiger partial charge in [-0.15, -0.1) is 24.0 Å². The predicted molar refractivity (Wildman–Crippen MR) is 102 cm³/mol.